The lowest BCUT2D eigenvalue weighted by atomic mass is 9.85. The molecule has 0 saturated carbocycles. The van der Waals surface area contributed by atoms with E-state index in [1.807, 2.05) is 32.0 Å². The number of ether oxygens (including phenoxy) is 2. The fraction of sp³-hybridized carbons (Fsp3) is 0.444. The molecule has 1 N–H and O–H groups in total. The topological polar surface area (TPSA) is 91.2 Å². The smallest absolute Gasteiger partial charge is 0.248 e. The molecule has 1 aromatic heterocycles. The van der Waals surface area contributed by atoms with Gasteiger partial charge in [0.25, 0.3) is 0 Å². The molecule has 2 heterocycles. The van der Waals surface area contributed by atoms with Crippen molar-refractivity contribution in [1.82, 2.24) is 20.2 Å². The highest BCUT2D eigenvalue weighted by Crippen LogP contribution is 2.41. The zero-order valence-electron chi connectivity index (χ0n) is 15.0. The monoisotopic (exact) mass is 355 g/mol. The van der Waals surface area contributed by atoms with E-state index in [0.29, 0.717) is 23.9 Å². The molecule has 0 spiro atoms. The summed E-state index contributed by atoms with van der Waals surface area (Å²) in [7, 11) is 1.60. The van der Waals surface area contributed by atoms with Gasteiger partial charge in [0.05, 0.1) is 13.2 Å². The van der Waals surface area contributed by atoms with Gasteiger partial charge in [0.2, 0.25) is 5.95 Å². The molecule has 0 radical (unpaired) electrons. The van der Waals surface area contributed by atoms with E-state index in [1.165, 1.54) is 0 Å². The van der Waals surface area contributed by atoms with Crippen LogP contribution in [-0.4, -0.2) is 39.2 Å². The maximum Gasteiger partial charge on any atom is 0.248 e. The Morgan fingerprint density at radius 3 is 2.88 bits per heavy atom. The van der Waals surface area contributed by atoms with Crippen LogP contribution in [0.4, 0.5) is 5.95 Å². The molecule has 26 heavy (non-hydrogen) atoms. The Hall–Kier alpha value is -2.90. The molecule has 1 aromatic carbocycles. The summed E-state index contributed by atoms with van der Waals surface area (Å²) in [5.74, 6) is 1.97. The molecule has 0 amide bonds. The van der Waals surface area contributed by atoms with E-state index >= 15 is 0 Å². The Kier molecular flexibility index (Phi) is 4.10. The number of methoxy groups -OCH3 is 1. The van der Waals surface area contributed by atoms with Gasteiger partial charge in [-0.3, -0.25) is 4.79 Å². The van der Waals surface area contributed by atoms with Crippen LogP contribution in [0.1, 0.15) is 44.7 Å². The number of carbonyl (C=O) groups is 1. The lowest BCUT2D eigenvalue weighted by molar-refractivity contribution is -0.116. The number of nitrogens with one attached hydrogen (secondary N) is 1. The molecule has 8 heteroatoms. The summed E-state index contributed by atoms with van der Waals surface area (Å²) < 4.78 is 13.0. The normalized spacial score (nSPS) is 19.1. The second-order valence-electron chi connectivity index (χ2n) is 6.72. The van der Waals surface area contributed by atoms with Gasteiger partial charge in [-0.15, -0.1) is 0 Å². The first-order chi connectivity index (χ1) is 12.6. The molecule has 0 fully saturated rings. The summed E-state index contributed by atoms with van der Waals surface area (Å²) in [6.45, 7) is 3.93. The van der Waals surface area contributed by atoms with Crippen LogP contribution >= 0.6 is 0 Å². The average molecular weight is 355 g/mol. The number of hydrogen-bond acceptors (Lipinski definition) is 7. The third kappa shape index (κ3) is 2.71. The van der Waals surface area contributed by atoms with Crippen molar-refractivity contribution in [2.24, 2.45) is 0 Å². The minimum atomic E-state index is -0.369. The van der Waals surface area contributed by atoms with Crippen molar-refractivity contribution in [3.8, 4) is 11.5 Å². The molecule has 1 atom stereocenters. The predicted octanol–water partition coefficient (Wildman–Crippen LogP) is 2.49. The summed E-state index contributed by atoms with van der Waals surface area (Å²) in [5.41, 5.74) is 2.53. The first kappa shape index (κ1) is 16.6. The van der Waals surface area contributed by atoms with Gasteiger partial charge >= 0.3 is 0 Å². The molecule has 4 rings (SSSR count). The number of ketones is 1. The van der Waals surface area contributed by atoms with Crippen molar-refractivity contribution in [3.63, 3.8) is 0 Å². The fourth-order valence-electron chi connectivity index (χ4n) is 3.53. The number of allylic oxidation sites excluding steroid dienone is 2. The highest BCUT2D eigenvalue weighted by Gasteiger charge is 2.36. The third-order valence-electron chi connectivity index (χ3n) is 4.60. The van der Waals surface area contributed by atoms with E-state index in [-0.39, 0.29) is 17.9 Å². The van der Waals surface area contributed by atoms with Gasteiger partial charge in [0.1, 0.15) is 6.04 Å². The number of rotatable bonds is 4. The van der Waals surface area contributed by atoms with Gasteiger partial charge in [0, 0.05) is 17.7 Å². The highest BCUT2D eigenvalue weighted by atomic mass is 16.5. The SMILES string of the molecule is COc1cc(C2C3=C(CCCC3=O)Nc3nnnn32)ccc1OC(C)C. The number of aromatic nitrogens is 4. The Morgan fingerprint density at radius 2 is 2.12 bits per heavy atom. The van der Waals surface area contributed by atoms with E-state index in [2.05, 4.69) is 20.8 Å². The minimum absolute atomic E-state index is 0.0361. The molecule has 136 valence electrons. The zero-order chi connectivity index (χ0) is 18.3. The molecule has 2 aromatic rings. The van der Waals surface area contributed by atoms with Gasteiger partial charge in [-0.25, -0.2) is 0 Å². The van der Waals surface area contributed by atoms with E-state index in [0.717, 1.165) is 29.7 Å². The number of Topliss-reactive ketones (excluding diaryl/α,β-unsaturated/α-hetero) is 1. The molecule has 0 saturated heterocycles. The first-order valence-corrected chi connectivity index (χ1v) is 8.74. The predicted molar refractivity (Wildman–Crippen MR) is 94.2 cm³/mol. The molecule has 1 unspecified atom stereocenters. The Morgan fingerprint density at radius 1 is 1.27 bits per heavy atom. The second-order valence-corrected chi connectivity index (χ2v) is 6.72. The van der Waals surface area contributed by atoms with Crippen LogP contribution in [0.5, 0.6) is 11.5 Å². The molecule has 2 aliphatic rings. The van der Waals surface area contributed by atoms with Crippen molar-refractivity contribution in [1.29, 1.82) is 0 Å². The Bertz CT molecular complexity index is 887. The maximum atomic E-state index is 12.7. The summed E-state index contributed by atoms with van der Waals surface area (Å²) in [6.07, 6.45) is 2.23. The summed E-state index contributed by atoms with van der Waals surface area (Å²) >= 11 is 0. The third-order valence-corrected chi connectivity index (χ3v) is 4.60. The average Bonchev–Trinajstić information content (AvgIpc) is 3.08. The van der Waals surface area contributed by atoms with E-state index in [4.69, 9.17) is 9.47 Å². The molecule has 0 bridgehead atoms. The van der Waals surface area contributed by atoms with E-state index in [9.17, 15) is 4.79 Å². The number of anilines is 1. The van der Waals surface area contributed by atoms with E-state index in [1.54, 1.807) is 11.8 Å². The maximum absolute atomic E-state index is 12.7. The van der Waals surface area contributed by atoms with Gasteiger partial charge in [-0.1, -0.05) is 11.2 Å². The van der Waals surface area contributed by atoms with Crippen molar-refractivity contribution in [3.05, 3.63) is 35.0 Å². The van der Waals surface area contributed by atoms with E-state index < -0.39 is 0 Å². The molecular formula is C18H21N5O3. The number of benzene rings is 1. The summed E-state index contributed by atoms with van der Waals surface area (Å²) in [5, 5.41) is 15.1. The van der Waals surface area contributed by atoms with Crippen molar-refractivity contribution in [2.75, 3.05) is 12.4 Å². The Balaban J connectivity index is 1.83. The number of nitrogens with zero attached hydrogens (tertiary/aromatic N) is 4. The summed E-state index contributed by atoms with van der Waals surface area (Å²) in [6, 6.07) is 5.33. The van der Waals surface area contributed by atoms with Crippen LogP contribution in [0.25, 0.3) is 0 Å². The standard InChI is InChI=1S/C18H21N5O3/c1-10(2)26-14-8-7-11(9-15(14)25-3)17-16-12(5-4-6-13(16)24)19-18-20-21-22-23(17)18/h7-10,17H,4-6H2,1-3H3,(H,19,20,22). The van der Waals surface area contributed by atoms with Crippen LogP contribution in [0.3, 0.4) is 0 Å². The zero-order valence-corrected chi connectivity index (χ0v) is 15.0. The molecule has 1 aliphatic heterocycles. The van der Waals surface area contributed by atoms with Gasteiger partial charge in [0.15, 0.2) is 17.3 Å². The van der Waals surface area contributed by atoms with Crippen molar-refractivity contribution < 1.29 is 14.3 Å². The second kappa shape index (κ2) is 6.44. The van der Waals surface area contributed by atoms with Gasteiger partial charge in [-0.2, -0.15) is 4.68 Å². The number of hydrogen-bond donors (Lipinski definition) is 1. The highest BCUT2D eigenvalue weighted by molar-refractivity contribution is 5.99. The minimum Gasteiger partial charge on any atom is -0.493 e. The van der Waals surface area contributed by atoms with Crippen LogP contribution < -0.4 is 14.8 Å². The van der Waals surface area contributed by atoms with Crippen LogP contribution in [0.15, 0.2) is 29.5 Å². The lowest BCUT2D eigenvalue weighted by Crippen LogP contribution is -2.31. The van der Waals surface area contributed by atoms with Crippen LogP contribution in [0.2, 0.25) is 0 Å². The molecule has 1 aliphatic carbocycles. The van der Waals surface area contributed by atoms with Crippen molar-refractivity contribution in [2.45, 2.75) is 45.3 Å². The van der Waals surface area contributed by atoms with Gasteiger partial charge in [-0.05, 0) is 54.8 Å². The Labute approximate surface area is 151 Å². The lowest BCUT2D eigenvalue weighted by Gasteiger charge is -2.31. The van der Waals surface area contributed by atoms with Gasteiger partial charge < -0.3 is 14.8 Å². The number of carbonyl (C=O) groups excluding carboxylic acids is 1. The molecular weight excluding hydrogens is 334 g/mol. The van der Waals surface area contributed by atoms with Crippen LogP contribution in [0, 0.1) is 0 Å². The number of tetrazole rings is 1. The molecule has 8 nitrogen and oxygen atoms in total. The fourth-order valence-corrected chi connectivity index (χ4v) is 3.53. The van der Waals surface area contributed by atoms with Crippen LogP contribution in [-0.2, 0) is 4.79 Å². The largest absolute Gasteiger partial charge is 0.493 e. The first-order valence-electron chi connectivity index (χ1n) is 8.74. The summed E-state index contributed by atoms with van der Waals surface area (Å²) in [4.78, 5) is 12.7. The number of fused-ring (bicyclic) bond motifs is 1. The van der Waals surface area contributed by atoms with Crippen molar-refractivity contribution >= 4 is 11.7 Å². The quantitative estimate of drug-likeness (QED) is 0.901.